The van der Waals surface area contributed by atoms with Gasteiger partial charge in [-0.25, -0.2) is 9.18 Å². The van der Waals surface area contributed by atoms with Crippen molar-refractivity contribution in [3.8, 4) is 0 Å². The highest BCUT2D eigenvalue weighted by molar-refractivity contribution is 5.94. The van der Waals surface area contributed by atoms with Crippen molar-refractivity contribution in [1.29, 1.82) is 0 Å². The molecule has 1 aromatic rings. The average Bonchev–Trinajstić information content (AvgIpc) is 2.42. The predicted octanol–water partition coefficient (Wildman–Crippen LogP) is 1.78. The average molecular weight is 297 g/mol. The van der Waals surface area contributed by atoms with Gasteiger partial charge in [-0.3, -0.25) is 4.79 Å². The van der Waals surface area contributed by atoms with Crippen LogP contribution in [0.4, 0.5) is 15.8 Å². The molecule has 116 valence electrons. The minimum absolute atomic E-state index is 0.0222. The summed E-state index contributed by atoms with van der Waals surface area (Å²) in [6, 6.07) is 2.09. The normalized spacial score (nSPS) is 10.2. The van der Waals surface area contributed by atoms with E-state index in [1.807, 2.05) is 13.8 Å². The van der Waals surface area contributed by atoms with Gasteiger partial charge in [-0.1, -0.05) is 0 Å². The third-order valence-electron chi connectivity index (χ3n) is 3.14. The van der Waals surface area contributed by atoms with E-state index in [2.05, 4.69) is 5.32 Å². The highest BCUT2D eigenvalue weighted by Gasteiger charge is 2.14. The molecule has 0 fully saturated rings. The Kier molecular flexibility index (Phi) is 5.95. The van der Waals surface area contributed by atoms with Gasteiger partial charge in [0.1, 0.15) is 5.82 Å². The fraction of sp³-hybridized carbons (Fsp3) is 0.429. The monoisotopic (exact) mass is 297 g/mol. The molecule has 0 aliphatic rings. The first kappa shape index (κ1) is 16.7. The van der Waals surface area contributed by atoms with Crippen molar-refractivity contribution >= 4 is 23.3 Å². The maximum Gasteiger partial charge on any atom is 0.337 e. The second-order valence-electron chi connectivity index (χ2n) is 4.47. The number of carboxylic acid groups (broad SMARTS) is 1. The van der Waals surface area contributed by atoms with E-state index >= 15 is 0 Å². The Morgan fingerprint density at radius 3 is 2.48 bits per heavy atom. The number of hydrogen-bond donors (Lipinski definition) is 3. The number of hydrogen-bond acceptors (Lipinski definition) is 4. The molecule has 7 heteroatoms. The molecule has 0 spiro atoms. The fourth-order valence-corrected chi connectivity index (χ4v) is 1.95. The minimum Gasteiger partial charge on any atom is -0.478 e. The Labute approximate surface area is 122 Å². The third kappa shape index (κ3) is 4.34. The lowest BCUT2D eigenvalue weighted by Gasteiger charge is -2.19. The molecule has 0 radical (unpaired) electrons. The number of carbonyl (C=O) groups excluding carboxylic acids is 1. The van der Waals surface area contributed by atoms with Gasteiger partial charge >= 0.3 is 5.97 Å². The Hall–Kier alpha value is -2.31. The number of carbonyl (C=O) groups is 2. The van der Waals surface area contributed by atoms with E-state index in [1.165, 1.54) is 0 Å². The molecular formula is C14H20FN3O3. The van der Waals surface area contributed by atoms with Crippen LogP contribution in [0.2, 0.25) is 0 Å². The first-order chi connectivity index (χ1) is 9.90. The molecule has 0 aliphatic carbocycles. The van der Waals surface area contributed by atoms with Crippen molar-refractivity contribution in [3.05, 3.63) is 23.5 Å². The van der Waals surface area contributed by atoms with Crippen LogP contribution in [0.3, 0.4) is 0 Å². The molecule has 1 amide bonds. The number of nitrogens with two attached hydrogens (primary N) is 1. The Balaban J connectivity index is 2.70. The van der Waals surface area contributed by atoms with Crippen molar-refractivity contribution < 1.29 is 19.1 Å². The van der Waals surface area contributed by atoms with Gasteiger partial charge in [-0.2, -0.15) is 0 Å². The number of benzene rings is 1. The largest absolute Gasteiger partial charge is 0.478 e. The van der Waals surface area contributed by atoms with Crippen LogP contribution >= 0.6 is 0 Å². The first-order valence-electron chi connectivity index (χ1n) is 6.74. The zero-order chi connectivity index (χ0) is 16.0. The maximum atomic E-state index is 13.7. The molecule has 4 N–H and O–H groups in total. The highest BCUT2D eigenvalue weighted by atomic mass is 19.1. The van der Waals surface area contributed by atoms with Crippen LogP contribution in [0.25, 0.3) is 0 Å². The number of nitrogens with zero attached hydrogens (tertiary/aromatic N) is 1. The van der Waals surface area contributed by atoms with Crippen molar-refractivity contribution in [3.63, 3.8) is 0 Å². The summed E-state index contributed by atoms with van der Waals surface area (Å²) in [5.74, 6) is -1.91. The van der Waals surface area contributed by atoms with Crippen molar-refractivity contribution in [2.24, 2.45) is 0 Å². The molecule has 0 unspecified atom stereocenters. The molecule has 0 atom stereocenters. The van der Waals surface area contributed by atoms with Gasteiger partial charge in [0.15, 0.2) is 0 Å². The van der Waals surface area contributed by atoms with Gasteiger partial charge < -0.3 is 21.1 Å². The molecule has 1 aromatic carbocycles. The number of carboxylic acids is 1. The van der Waals surface area contributed by atoms with Crippen LogP contribution in [-0.4, -0.2) is 41.5 Å². The van der Waals surface area contributed by atoms with Crippen LogP contribution in [0.15, 0.2) is 12.1 Å². The SMILES string of the molecule is CCN(CC)C(=O)CCNc1cc(C(=O)O)c(N)cc1F. The number of anilines is 2. The highest BCUT2D eigenvalue weighted by Crippen LogP contribution is 2.22. The van der Waals surface area contributed by atoms with Crippen LogP contribution in [-0.2, 0) is 4.79 Å². The van der Waals surface area contributed by atoms with E-state index in [1.54, 1.807) is 4.90 Å². The molecular weight excluding hydrogens is 277 g/mol. The number of aromatic carboxylic acids is 1. The van der Waals surface area contributed by atoms with Gasteiger partial charge in [0.05, 0.1) is 11.3 Å². The summed E-state index contributed by atoms with van der Waals surface area (Å²) >= 11 is 0. The van der Waals surface area contributed by atoms with Gasteiger partial charge in [-0.15, -0.1) is 0 Å². The van der Waals surface area contributed by atoms with E-state index in [4.69, 9.17) is 10.8 Å². The Bertz CT molecular complexity index is 530. The number of nitrogen functional groups attached to an aromatic ring is 1. The lowest BCUT2D eigenvalue weighted by atomic mass is 10.1. The van der Waals surface area contributed by atoms with Crippen LogP contribution in [0, 0.1) is 5.82 Å². The zero-order valence-corrected chi connectivity index (χ0v) is 12.1. The van der Waals surface area contributed by atoms with E-state index in [9.17, 15) is 14.0 Å². The van der Waals surface area contributed by atoms with E-state index < -0.39 is 11.8 Å². The molecule has 0 aliphatic heterocycles. The number of nitrogens with one attached hydrogen (secondary N) is 1. The first-order valence-corrected chi connectivity index (χ1v) is 6.74. The number of rotatable bonds is 7. The summed E-state index contributed by atoms with van der Waals surface area (Å²) in [5, 5.41) is 11.7. The maximum absolute atomic E-state index is 13.7. The van der Waals surface area contributed by atoms with Crippen LogP contribution < -0.4 is 11.1 Å². The van der Waals surface area contributed by atoms with Gasteiger partial charge in [0.25, 0.3) is 0 Å². The number of halogens is 1. The molecule has 0 aromatic heterocycles. The zero-order valence-electron chi connectivity index (χ0n) is 12.1. The Morgan fingerprint density at radius 2 is 1.95 bits per heavy atom. The van der Waals surface area contributed by atoms with Gasteiger partial charge in [-0.05, 0) is 26.0 Å². The Morgan fingerprint density at radius 1 is 1.33 bits per heavy atom. The standard InChI is InChI=1S/C14H20FN3O3/c1-3-18(4-2)13(19)5-6-17-12-7-9(14(20)21)11(16)8-10(12)15/h7-8,17H,3-6,16H2,1-2H3,(H,20,21). The molecule has 1 rings (SSSR count). The summed E-state index contributed by atoms with van der Waals surface area (Å²) in [7, 11) is 0. The fourth-order valence-electron chi connectivity index (χ4n) is 1.95. The lowest BCUT2D eigenvalue weighted by molar-refractivity contribution is -0.130. The lowest BCUT2D eigenvalue weighted by Crippen LogP contribution is -2.31. The van der Waals surface area contributed by atoms with Gasteiger partial charge in [0, 0.05) is 31.7 Å². The molecule has 0 heterocycles. The van der Waals surface area contributed by atoms with Crippen molar-refractivity contribution in [1.82, 2.24) is 4.90 Å². The summed E-state index contributed by atoms with van der Waals surface area (Å²) in [5.41, 5.74) is 5.15. The van der Waals surface area contributed by atoms with Crippen molar-refractivity contribution in [2.45, 2.75) is 20.3 Å². The smallest absolute Gasteiger partial charge is 0.337 e. The second-order valence-corrected chi connectivity index (χ2v) is 4.47. The van der Waals surface area contributed by atoms with Crippen LogP contribution in [0.1, 0.15) is 30.6 Å². The molecule has 6 nitrogen and oxygen atoms in total. The third-order valence-corrected chi connectivity index (χ3v) is 3.14. The predicted molar refractivity (Wildman–Crippen MR) is 78.8 cm³/mol. The van der Waals surface area contributed by atoms with Crippen LogP contribution in [0.5, 0.6) is 0 Å². The van der Waals surface area contributed by atoms with Gasteiger partial charge in [0.2, 0.25) is 5.91 Å². The van der Waals surface area contributed by atoms with Crippen molar-refractivity contribution in [2.75, 3.05) is 30.7 Å². The molecule has 0 saturated carbocycles. The molecule has 21 heavy (non-hydrogen) atoms. The summed E-state index contributed by atoms with van der Waals surface area (Å²) in [4.78, 5) is 24.4. The molecule has 0 saturated heterocycles. The summed E-state index contributed by atoms with van der Waals surface area (Å²) < 4.78 is 13.7. The van der Waals surface area contributed by atoms with E-state index in [-0.39, 0.29) is 35.8 Å². The topological polar surface area (TPSA) is 95.7 Å². The number of amides is 1. The minimum atomic E-state index is -1.23. The second kappa shape index (κ2) is 7.47. The summed E-state index contributed by atoms with van der Waals surface area (Å²) in [6.45, 7) is 5.22. The quantitative estimate of drug-likeness (QED) is 0.667. The van der Waals surface area contributed by atoms with E-state index in [0.717, 1.165) is 12.1 Å². The summed E-state index contributed by atoms with van der Waals surface area (Å²) in [6.07, 6.45) is 0.202. The van der Waals surface area contributed by atoms with E-state index in [0.29, 0.717) is 13.1 Å². The molecule has 0 bridgehead atoms.